The van der Waals surface area contributed by atoms with Crippen LogP contribution in [0.25, 0.3) is 5.69 Å². The van der Waals surface area contributed by atoms with Gasteiger partial charge in [0.25, 0.3) is 0 Å². The van der Waals surface area contributed by atoms with Crippen molar-refractivity contribution in [3.05, 3.63) is 72.1 Å². The first-order valence-electron chi connectivity index (χ1n) is 7.97. The second kappa shape index (κ2) is 9.23. The van der Waals surface area contributed by atoms with Crippen LogP contribution in [-0.2, 0) is 6.54 Å². The molecule has 3 N–H and O–H groups in total. The van der Waals surface area contributed by atoms with Gasteiger partial charge >= 0.3 is 0 Å². The number of hydrogen-bond acceptors (Lipinski definition) is 3. The number of benzene rings is 2. The molecule has 26 heavy (non-hydrogen) atoms. The number of para-hydroxylation sites is 1. The highest BCUT2D eigenvalue weighted by atomic mass is 127. The quantitative estimate of drug-likeness (QED) is 0.344. The average Bonchev–Trinajstić information content (AvgIpc) is 3.02. The molecule has 3 aromatic rings. The van der Waals surface area contributed by atoms with Crippen molar-refractivity contribution in [3.8, 4) is 11.4 Å². The number of hydrogen-bond donors (Lipinski definition) is 2. The van der Waals surface area contributed by atoms with Crippen molar-refractivity contribution in [2.45, 2.75) is 13.5 Å². The molecule has 0 aliphatic rings. The molecule has 2 aromatic carbocycles. The normalized spacial score (nSPS) is 10.9. The van der Waals surface area contributed by atoms with E-state index in [0.29, 0.717) is 12.5 Å². The van der Waals surface area contributed by atoms with Gasteiger partial charge in [-0.2, -0.15) is 5.10 Å². The Balaban J connectivity index is 0.00000243. The van der Waals surface area contributed by atoms with E-state index in [1.807, 2.05) is 72.4 Å². The maximum Gasteiger partial charge on any atom is 0.193 e. The first-order valence-corrected chi connectivity index (χ1v) is 7.97. The fourth-order valence-corrected chi connectivity index (χ4v) is 2.40. The van der Waals surface area contributed by atoms with E-state index in [2.05, 4.69) is 15.4 Å². The number of anilines is 1. The van der Waals surface area contributed by atoms with Gasteiger partial charge in [0.2, 0.25) is 0 Å². The van der Waals surface area contributed by atoms with Crippen LogP contribution in [0.5, 0.6) is 5.75 Å². The van der Waals surface area contributed by atoms with Crippen LogP contribution < -0.4 is 15.8 Å². The number of aryl methyl sites for hydroxylation is 1. The smallest absolute Gasteiger partial charge is 0.193 e. The number of nitrogens with two attached hydrogens (primary N) is 1. The molecule has 0 fully saturated rings. The molecule has 3 rings (SSSR count). The van der Waals surface area contributed by atoms with Gasteiger partial charge in [0.1, 0.15) is 5.75 Å². The number of nitrogens with one attached hydrogen (secondary N) is 1. The Bertz CT molecular complexity index is 859. The zero-order chi connectivity index (χ0) is 17.6. The largest absolute Gasteiger partial charge is 0.497 e. The molecule has 0 spiro atoms. The molecule has 0 saturated heterocycles. The van der Waals surface area contributed by atoms with Crippen molar-refractivity contribution in [1.29, 1.82) is 0 Å². The molecule has 0 atom stereocenters. The van der Waals surface area contributed by atoms with Crippen molar-refractivity contribution in [3.63, 3.8) is 0 Å². The number of methoxy groups -OCH3 is 1. The second-order valence-corrected chi connectivity index (χ2v) is 5.57. The Hall–Kier alpha value is -2.55. The Kier molecular flexibility index (Phi) is 7.02. The van der Waals surface area contributed by atoms with Crippen LogP contribution in [-0.4, -0.2) is 22.8 Å². The molecule has 1 heterocycles. The molecule has 0 unspecified atom stereocenters. The minimum Gasteiger partial charge on any atom is -0.497 e. The van der Waals surface area contributed by atoms with Crippen LogP contribution in [0, 0.1) is 6.92 Å². The maximum atomic E-state index is 5.97. The molecular weight excluding hydrogens is 441 g/mol. The van der Waals surface area contributed by atoms with E-state index in [9.17, 15) is 0 Å². The van der Waals surface area contributed by atoms with Gasteiger partial charge in [-0.3, -0.25) is 0 Å². The van der Waals surface area contributed by atoms with Crippen molar-refractivity contribution >= 4 is 35.6 Å². The van der Waals surface area contributed by atoms with Gasteiger partial charge in [-0.1, -0.05) is 18.2 Å². The lowest BCUT2D eigenvalue weighted by molar-refractivity contribution is 0.415. The van der Waals surface area contributed by atoms with Crippen LogP contribution in [0.4, 0.5) is 5.69 Å². The van der Waals surface area contributed by atoms with Gasteiger partial charge in [0.15, 0.2) is 5.96 Å². The highest BCUT2D eigenvalue weighted by Gasteiger charge is 2.06. The van der Waals surface area contributed by atoms with Gasteiger partial charge in [-0.05, 0) is 43.3 Å². The number of ether oxygens (including phenoxy) is 1. The van der Waals surface area contributed by atoms with Gasteiger partial charge in [0, 0.05) is 17.4 Å². The number of aromatic nitrogens is 2. The molecule has 0 aliphatic heterocycles. The lowest BCUT2D eigenvalue weighted by Crippen LogP contribution is -2.22. The summed E-state index contributed by atoms with van der Waals surface area (Å²) in [4.78, 5) is 4.40. The Morgan fingerprint density at radius 2 is 1.85 bits per heavy atom. The highest BCUT2D eigenvalue weighted by Crippen LogP contribution is 2.15. The predicted molar refractivity (Wildman–Crippen MR) is 116 cm³/mol. The Morgan fingerprint density at radius 3 is 2.50 bits per heavy atom. The van der Waals surface area contributed by atoms with Crippen molar-refractivity contribution < 1.29 is 4.74 Å². The molecule has 1 aromatic heterocycles. The SMILES string of the molecule is COc1ccc(NC(N)=NCc2cn(-c3ccccc3)nc2C)cc1.I. The first kappa shape index (κ1) is 19.8. The number of rotatable bonds is 5. The monoisotopic (exact) mass is 463 g/mol. The summed E-state index contributed by atoms with van der Waals surface area (Å²) >= 11 is 0. The first-order chi connectivity index (χ1) is 12.2. The van der Waals surface area contributed by atoms with Gasteiger partial charge < -0.3 is 15.8 Å². The highest BCUT2D eigenvalue weighted by molar-refractivity contribution is 14.0. The van der Waals surface area contributed by atoms with Crippen LogP contribution in [0.15, 0.2) is 65.8 Å². The predicted octanol–water partition coefficient (Wildman–Crippen LogP) is 3.73. The van der Waals surface area contributed by atoms with E-state index < -0.39 is 0 Å². The number of nitrogens with zero attached hydrogens (tertiary/aromatic N) is 3. The lowest BCUT2D eigenvalue weighted by atomic mass is 10.2. The number of guanidine groups is 1. The standard InChI is InChI=1S/C19H21N5O.HI/c1-14-15(13-24(23-14)17-6-4-3-5-7-17)12-21-19(20)22-16-8-10-18(25-2)11-9-16;/h3-11,13H,12H2,1-2H3,(H3,20,21,22);1H. The molecule has 136 valence electrons. The minimum absolute atomic E-state index is 0. The lowest BCUT2D eigenvalue weighted by Gasteiger charge is -2.06. The van der Waals surface area contributed by atoms with Gasteiger partial charge in [0.05, 0.1) is 25.0 Å². The topological polar surface area (TPSA) is 77.5 Å². The minimum atomic E-state index is 0. The van der Waals surface area contributed by atoms with E-state index in [-0.39, 0.29) is 24.0 Å². The zero-order valence-electron chi connectivity index (χ0n) is 14.7. The van der Waals surface area contributed by atoms with Crippen molar-refractivity contribution in [1.82, 2.24) is 9.78 Å². The molecule has 0 amide bonds. The maximum absolute atomic E-state index is 5.97. The third kappa shape index (κ3) is 4.98. The third-order valence-corrected chi connectivity index (χ3v) is 3.80. The summed E-state index contributed by atoms with van der Waals surface area (Å²) in [5, 5.41) is 7.60. The zero-order valence-corrected chi connectivity index (χ0v) is 17.0. The fraction of sp³-hybridized carbons (Fsp3) is 0.158. The van der Waals surface area contributed by atoms with Crippen LogP contribution in [0.3, 0.4) is 0 Å². The third-order valence-electron chi connectivity index (χ3n) is 3.80. The molecule has 0 aliphatic carbocycles. The fourth-order valence-electron chi connectivity index (χ4n) is 2.40. The second-order valence-electron chi connectivity index (χ2n) is 5.57. The van der Waals surface area contributed by atoms with Crippen molar-refractivity contribution in [2.24, 2.45) is 10.7 Å². The van der Waals surface area contributed by atoms with E-state index in [1.165, 1.54) is 0 Å². The molecule has 0 bridgehead atoms. The summed E-state index contributed by atoms with van der Waals surface area (Å²) < 4.78 is 6.99. The molecule has 6 nitrogen and oxygen atoms in total. The summed E-state index contributed by atoms with van der Waals surface area (Å²) in [5.74, 6) is 1.15. The summed E-state index contributed by atoms with van der Waals surface area (Å²) in [6, 6.07) is 17.5. The van der Waals surface area contributed by atoms with E-state index in [1.54, 1.807) is 7.11 Å². The van der Waals surface area contributed by atoms with E-state index in [4.69, 9.17) is 10.5 Å². The summed E-state index contributed by atoms with van der Waals surface area (Å²) in [6.07, 6.45) is 1.98. The summed E-state index contributed by atoms with van der Waals surface area (Å²) in [5.41, 5.74) is 9.82. The molecule has 0 saturated carbocycles. The molecule has 0 radical (unpaired) electrons. The van der Waals surface area contributed by atoms with Gasteiger partial charge in [-0.25, -0.2) is 9.67 Å². The van der Waals surface area contributed by atoms with Gasteiger partial charge in [-0.15, -0.1) is 24.0 Å². The molecule has 7 heteroatoms. The van der Waals surface area contributed by atoms with E-state index in [0.717, 1.165) is 28.4 Å². The Labute approximate surface area is 170 Å². The summed E-state index contributed by atoms with van der Waals surface area (Å²) in [6.45, 7) is 2.44. The summed E-state index contributed by atoms with van der Waals surface area (Å²) in [7, 11) is 1.64. The van der Waals surface area contributed by atoms with Crippen LogP contribution in [0.1, 0.15) is 11.3 Å². The Morgan fingerprint density at radius 1 is 1.15 bits per heavy atom. The number of halogens is 1. The van der Waals surface area contributed by atoms with E-state index >= 15 is 0 Å². The van der Waals surface area contributed by atoms with Crippen LogP contribution in [0.2, 0.25) is 0 Å². The number of aliphatic imine (C=N–C) groups is 1. The average molecular weight is 463 g/mol. The van der Waals surface area contributed by atoms with Crippen molar-refractivity contribution in [2.75, 3.05) is 12.4 Å². The molecular formula is C19H22IN5O. The van der Waals surface area contributed by atoms with Crippen LogP contribution >= 0.6 is 24.0 Å².